The van der Waals surface area contributed by atoms with Gasteiger partial charge < -0.3 is 5.73 Å². The number of nitrogens with zero attached hydrogens (tertiary/aromatic N) is 1. The van der Waals surface area contributed by atoms with Crippen molar-refractivity contribution < 1.29 is 13.2 Å². The van der Waals surface area contributed by atoms with E-state index < -0.39 is 22.2 Å². The molecule has 7 heteroatoms. The molecule has 1 aromatic carbocycles. The smallest absolute Gasteiger partial charge is 0.280 e. The van der Waals surface area contributed by atoms with Crippen molar-refractivity contribution in [2.24, 2.45) is 11.7 Å². The van der Waals surface area contributed by atoms with Crippen molar-refractivity contribution in [3.05, 3.63) is 35.9 Å². The Kier molecular flexibility index (Phi) is 4.97. The first-order valence-corrected chi connectivity index (χ1v) is 8.46. The molecule has 0 aliphatic carbocycles. The molecule has 0 saturated carbocycles. The molecule has 0 aromatic heterocycles. The fraction of sp³-hybridized carbons (Fsp3) is 0.500. The molecule has 6 nitrogen and oxygen atoms in total. The summed E-state index contributed by atoms with van der Waals surface area (Å²) < 4.78 is 28.7. The Bertz CT molecular complexity index is 589. The Labute approximate surface area is 125 Å². The number of carbonyl (C=O) groups is 1. The van der Waals surface area contributed by atoms with Gasteiger partial charge in [0.15, 0.2) is 0 Å². The summed E-state index contributed by atoms with van der Waals surface area (Å²) in [5.74, 6) is -0.395. The Morgan fingerprint density at radius 3 is 2.62 bits per heavy atom. The van der Waals surface area contributed by atoms with E-state index in [2.05, 4.69) is 4.72 Å². The van der Waals surface area contributed by atoms with Gasteiger partial charge in [0, 0.05) is 13.1 Å². The summed E-state index contributed by atoms with van der Waals surface area (Å²) in [6, 6.07) is 7.58. The highest BCUT2D eigenvalue weighted by Gasteiger charge is 2.31. The third-order valence-electron chi connectivity index (χ3n) is 3.64. The summed E-state index contributed by atoms with van der Waals surface area (Å²) in [5, 5.41) is 0. The SMILES string of the molecule is C[C@H]1CCCN(S(=O)(=O)N[C@H](C(N)=O)c2ccccc2)C1. The second kappa shape index (κ2) is 6.55. The summed E-state index contributed by atoms with van der Waals surface area (Å²) in [4.78, 5) is 11.6. The van der Waals surface area contributed by atoms with Gasteiger partial charge in [0.2, 0.25) is 5.91 Å². The number of primary amides is 1. The van der Waals surface area contributed by atoms with E-state index in [9.17, 15) is 13.2 Å². The van der Waals surface area contributed by atoms with E-state index >= 15 is 0 Å². The van der Waals surface area contributed by atoms with Crippen LogP contribution in [0.3, 0.4) is 0 Å². The van der Waals surface area contributed by atoms with Gasteiger partial charge in [-0.1, -0.05) is 37.3 Å². The van der Waals surface area contributed by atoms with Gasteiger partial charge in [-0.2, -0.15) is 17.4 Å². The van der Waals surface area contributed by atoms with Crippen molar-refractivity contribution in [3.63, 3.8) is 0 Å². The second-order valence-electron chi connectivity index (χ2n) is 5.47. The number of piperidine rings is 1. The molecule has 1 aromatic rings. The van der Waals surface area contributed by atoms with Gasteiger partial charge in [-0.25, -0.2) is 0 Å². The Morgan fingerprint density at radius 2 is 2.05 bits per heavy atom. The van der Waals surface area contributed by atoms with Crippen molar-refractivity contribution in [2.75, 3.05) is 13.1 Å². The molecule has 1 heterocycles. The van der Waals surface area contributed by atoms with E-state index in [1.807, 2.05) is 6.92 Å². The Hall–Kier alpha value is -1.44. The zero-order chi connectivity index (χ0) is 15.5. The van der Waals surface area contributed by atoms with E-state index in [1.54, 1.807) is 30.3 Å². The van der Waals surface area contributed by atoms with Gasteiger partial charge in [-0.15, -0.1) is 0 Å². The van der Waals surface area contributed by atoms with Crippen LogP contribution in [0, 0.1) is 5.92 Å². The van der Waals surface area contributed by atoms with Crippen molar-refractivity contribution in [1.29, 1.82) is 0 Å². The number of rotatable bonds is 5. The molecule has 3 N–H and O–H groups in total. The molecule has 1 fully saturated rings. The molecule has 0 bridgehead atoms. The van der Waals surface area contributed by atoms with Gasteiger partial charge in [-0.3, -0.25) is 4.79 Å². The van der Waals surface area contributed by atoms with Crippen molar-refractivity contribution >= 4 is 16.1 Å². The van der Waals surface area contributed by atoms with Gasteiger partial charge in [0.05, 0.1) is 0 Å². The number of nitrogens with one attached hydrogen (secondary N) is 1. The first-order chi connectivity index (χ1) is 9.90. The average Bonchev–Trinajstić information content (AvgIpc) is 2.45. The van der Waals surface area contributed by atoms with Crippen LogP contribution in [0.25, 0.3) is 0 Å². The molecule has 1 aliphatic rings. The van der Waals surface area contributed by atoms with E-state index in [0.29, 0.717) is 24.6 Å². The zero-order valence-corrected chi connectivity index (χ0v) is 12.8. The summed E-state index contributed by atoms with van der Waals surface area (Å²) in [5.41, 5.74) is 5.89. The lowest BCUT2D eigenvalue weighted by Crippen LogP contribution is -2.48. The highest BCUT2D eigenvalue weighted by molar-refractivity contribution is 7.87. The highest BCUT2D eigenvalue weighted by atomic mass is 32.2. The molecule has 0 unspecified atom stereocenters. The number of amides is 1. The van der Waals surface area contributed by atoms with Crippen LogP contribution in [0.15, 0.2) is 30.3 Å². The van der Waals surface area contributed by atoms with Gasteiger partial charge >= 0.3 is 0 Å². The number of benzene rings is 1. The highest BCUT2D eigenvalue weighted by Crippen LogP contribution is 2.20. The minimum atomic E-state index is -3.73. The van der Waals surface area contributed by atoms with Crippen LogP contribution in [0.4, 0.5) is 0 Å². The molecule has 1 saturated heterocycles. The van der Waals surface area contributed by atoms with E-state index in [-0.39, 0.29) is 0 Å². The molecule has 0 radical (unpaired) electrons. The van der Waals surface area contributed by atoms with E-state index in [0.717, 1.165) is 12.8 Å². The molecule has 2 atom stereocenters. The maximum atomic E-state index is 12.4. The minimum absolute atomic E-state index is 0.319. The first-order valence-electron chi connectivity index (χ1n) is 7.02. The maximum Gasteiger partial charge on any atom is 0.280 e. The largest absolute Gasteiger partial charge is 0.368 e. The van der Waals surface area contributed by atoms with Gasteiger partial charge in [0.1, 0.15) is 6.04 Å². The molecular formula is C14H21N3O3S. The lowest BCUT2D eigenvalue weighted by atomic mass is 10.0. The fourth-order valence-electron chi connectivity index (χ4n) is 2.52. The lowest BCUT2D eigenvalue weighted by Gasteiger charge is -2.31. The molecular weight excluding hydrogens is 290 g/mol. The van der Waals surface area contributed by atoms with Gasteiger partial charge in [-0.05, 0) is 24.3 Å². The molecule has 0 spiro atoms. The quantitative estimate of drug-likeness (QED) is 0.841. The topological polar surface area (TPSA) is 92.5 Å². The first kappa shape index (κ1) is 15.9. The summed E-state index contributed by atoms with van der Waals surface area (Å²) >= 11 is 0. The van der Waals surface area contributed by atoms with Crippen LogP contribution in [-0.2, 0) is 15.0 Å². The normalized spacial score (nSPS) is 21.9. The molecule has 2 rings (SSSR count). The van der Waals surface area contributed by atoms with Crippen molar-refractivity contribution in [2.45, 2.75) is 25.8 Å². The van der Waals surface area contributed by atoms with Crippen molar-refractivity contribution in [3.8, 4) is 0 Å². The van der Waals surface area contributed by atoms with Crippen LogP contribution in [0.2, 0.25) is 0 Å². The monoisotopic (exact) mass is 311 g/mol. The molecule has 21 heavy (non-hydrogen) atoms. The average molecular weight is 311 g/mol. The van der Waals surface area contributed by atoms with Crippen LogP contribution in [-0.4, -0.2) is 31.7 Å². The third kappa shape index (κ3) is 4.03. The second-order valence-corrected chi connectivity index (χ2v) is 7.18. The van der Waals surface area contributed by atoms with E-state index in [1.165, 1.54) is 4.31 Å². The summed E-state index contributed by atoms with van der Waals surface area (Å²) in [6.45, 7) is 2.96. The summed E-state index contributed by atoms with van der Waals surface area (Å²) in [7, 11) is -3.73. The maximum absolute atomic E-state index is 12.4. The van der Waals surface area contributed by atoms with Crippen LogP contribution in [0.5, 0.6) is 0 Å². The minimum Gasteiger partial charge on any atom is -0.368 e. The Morgan fingerprint density at radius 1 is 1.38 bits per heavy atom. The third-order valence-corrected chi connectivity index (χ3v) is 5.19. The van der Waals surface area contributed by atoms with Crippen LogP contribution >= 0.6 is 0 Å². The number of carbonyl (C=O) groups excluding carboxylic acids is 1. The number of hydrogen-bond donors (Lipinski definition) is 2. The van der Waals surface area contributed by atoms with E-state index in [4.69, 9.17) is 5.73 Å². The zero-order valence-electron chi connectivity index (χ0n) is 12.0. The molecule has 116 valence electrons. The fourth-order valence-corrected chi connectivity index (χ4v) is 4.04. The van der Waals surface area contributed by atoms with Gasteiger partial charge in [0.25, 0.3) is 10.2 Å². The van der Waals surface area contributed by atoms with Crippen LogP contribution < -0.4 is 10.5 Å². The summed E-state index contributed by atoms with van der Waals surface area (Å²) in [6.07, 6.45) is 1.85. The van der Waals surface area contributed by atoms with Crippen LogP contribution in [0.1, 0.15) is 31.4 Å². The standard InChI is InChI=1S/C14H21N3O3S/c1-11-6-5-9-17(10-11)21(19,20)16-13(14(15)18)12-7-3-2-4-8-12/h2-4,7-8,11,13,16H,5-6,9-10H2,1H3,(H2,15,18)/t11-,13-/m0/s1. The van der Waals surface area contributed by atoms with Crippen molar-refractivity contribution in [1.82, 2.24) is 9.03 Å². The molecule has 1 aliphatic heterocycles. The lowest BCUT2D eigenvalue weighted by molar-refractivity contribution is -0.119. The predicted octanol–water partition coefficient (Wildman–Crippen LogP) is 0.779. The Balaban J connectivity index is 2.18. The predicted molar refractivity (Wildman–Crippen MR) is 80.4 cm³/mol. The molecule has 1 amide bonds. The number of nitrogens with two attached hydrogens (primary N) is 1. The number of hydrogen-bond acceptors (Lipinski definition) is 3.